The Morgan fingerprint density at radius 1 is 1.38 bits per heavy atom. The molecule has 0 unspecified atom stereocenters. The van der Waals surface area contributed by atoms with Crippen LogP contribution < -0.4 is 11.1 Å². The maximum absolute atomic E-state index is 11.7. The monoisotopic (exact) mass is 292 g/mol. The second-order valence-electron chi connectivity index (χ2n) is 7.23. The zero-order chi connectivity index (χ0) is 16.0. The van der Waals surface area contributed by atoms with Crippen molar-refractivity contribution in [2.45, 2.75) is 52.2 Å². The van der Waals surface area contributed by atoms with Gasteiger partial charge in [-0.1, -0.05) is 19.9 Å². The molecular weight excluding hydrogens is 268 g/mol. The molecule has 0 aromatic heterocycles. The van der Waals surface area contributed by atoms with Crippen LogP contribution in [0.2, 0.25) is 0 Å². The summed E-state index contributed by atoms with van der Waals surface area (Å²) in [4.78, 5) is 11.7. The number of carbonyl (C=O) groups is 1. The molecule has 2 atom stereocenters. The first-order chi connectivity index (χ1) is 9.52. The molecule has 0 aliphatic heterocycles. The van der Waals surface area contributed by atoms with Gasteiger partial charge >= 0.3 is 6.09 Å². The Labute approximate surface area is 125 Å². The topological polar surface area (TPSA) is 84.6 Å². The summed E-state index contributed by atoms with van der Waals surface area (Å²) >= 11 is 0. The number of aromatic hydroxyl groups is 1. The van der Waals surface area contributed by atoms with Crippen molar-refractivity contribution in [1.29, 1.82) is 0 Å². The second kappa shape index (κ2) is 4.91. The summed E-state index contributed by atoms with van der Waals surface area (Å²) in [6.45, 7) is 9.56. The van der Waals surface area contributed by atoms with Crippen LogP contribution in [0.5, 0.6) is 5.75 Å². The third-order valence-corrected chi connectivity index (χ3v) is 3.93. The predicted molar refractivity (Wildman–Crippen MR) is 82.5 cm³/mol. The summed E-state index contributed by atoms with van der Waals surface area (Å²) in [7, 11) is 0. The summed E-state index contributed by atoms with van der Waals surface area (Å²) < 4.78 is 5.16. The van der Waals surface area contributed by atoms with E-state index in [9.17, 15) is 9.90 Å². The highest BCUT2D eigenvalue weighted by atomic mass is 16.6. The smallest absolute Gasteiger partial charge is 0.412 e. The van der Waals surface area contributed by atoms with Crippen molar-refractivity contribution in [2.75, 3.05) is 5.32 Å². The first-order valence-corrected chi connectivity index (χ1v) is 7.11. The van der Waals surface area contributed by atoms with E-state index in [0.29, 0.717) is 5.69 Å². The van der Waals surface area contributed by atoms with E-state index < -0.39 is 11.7 Å². The van der Waals surface area contributed by atoms with Gasteiger partial charge in [0.25, 0.3) is 0 Å². The molecule has 1 aliphatic rings. The number of hydrogen-bond acceptors (Lipinski definition) is 4. The lowest BCUT2D eigenvalue weighted by atomic mass is 10.0. The molecule has 1 aliphatic carbocycles. The number of carbonyl (C=O) groups excluding carboxylic acids is 1. The third-order valence-electron chi connectivity index (χ3n) is 3.93. The van der Waals surface area contributed by atoms with E-state index in [2.05, 4.69) is 19.2 Å². The van der Waals surface area contributed by atoms with Crippen LogP contribution >= 0.6 is 0 Å². The Morgan fingerprint density at radius 3 is 2.38 bits per heavy atom. The highest BCUT2D eigenvalue weighted by molar-refractivity contribution is 5.87. The van der Waals surface area contributed by atoms with E-state index in [1.165, 1.54) is 0 Å². The Morgan fingerprint density at radius 2 is 1.95 bits per heavy atom. The molecule has 1 saturated carbocycles. The Balaban J connectivity index is 2.09. The maximum atomic E-state index is 11.7. The molecule has 0 saturated heterocycles. The summed E-state index contributed by atoms with van der Waals surface area (Å²) in [6, 6.07) is 5.31. The lowest BCUT2D eigenvalue weighted by molar-refractivity contribution is 0.0635. The molecule has 0 spiro atoms. The zero-order valence-electron chi connectivity index (χ0n) is 13.2. The van der Waals surface area contributed by atoms with Crippen LogP contribution in [-0.4, -0.2) is 22.8 Å². The van der Waals surface area contributed by atoms with E-state index in [-0.39, 0.29) is 23.1 Å². The average molecular weight is 292 g/mol. The van der Waals surface area contributed by atoms with Gasteiger partial charge in [-0.2, -0.15) is 0 Å². The molecule has 116 valence electrons. The normalized spacial score (nSPS) is 23.5. The number of hydrogen-bond donors (Lipinski definition) is 3. The van der Waals surface area contributed by atoms with Gasteiger partial charge in [0.05, 0.1) is 5.69 Å². The third kappa shape index (κ3) is 3.29. The van der Waals surface area contributed by atoms with Crippen LogP contribution in [-0.2, 0) is 4.74 Å². The summed E-state index contributed by atoms with van der Waals surface area (Å²) in [5, 5.41) is 12.6. The van der Waals surface area contributed by atoms with Crippen molar-refractivity contribution in [3.8, 4) is 5.75 Å². The first kappa shape index (κ1) is 15.6. The van der Waals surface area contributed by atoms with Crippen molar-refractivity contribution >= 4 is 11.8 Å². The fourth-order valence-corrected chi connectivity index (χ4v) is 2.58. The highest BCUT2D eigenvalue weighted by Crippen LogP contribution is 2.57. The van der Waals surface area contributed by atoms with E-state index >= 15 is 0 Å². The van der Waals surface area contributed by atoms with Crippen molar-refractivity contribution in [3.05, 3.63) is 23.8 Å². The predicted octanol–water partition coefficient (Wildman–Crippen LogP) is 3.19. The number of nitrogens with one attached hydrogen (secondary N) is 1. The van der Waals surface area contributed by atoms with Gasteiger partial charge in [-0.15, -0.1) is 0 Å². The quantitative estimate of drug-likeness (QED) is 0.731. The van der Waals surface area contributed by atoms with Crippen molar-refractivity contribution in [1.82, 2.24) is 0 Å². The SMILES string of the molecule is CC(C)(C)OC(=O)Nc1ccc([C@H]2[C@H](N)C2(C)C)cc1O. The number of phenolic OH excluding ortho intramolecular Hbond substituents is 1. The minimum atomic E-state index is -0.589. The van der Waals surface area contributed by atoms with Gasteiger partial charge in [0.15, 0.2) is 0 Å². The summed E-state index contributed by atoms with van der Waals surface area (Å²) in [5.41, 5.74) is 6.83. The van der Waals surface area contributed by atoms with Gasteiger partial charge in [-0.05, 0) is 43.9 Å². The van der Waals surface area contributed by atoms with Crippen LogP contribution in [0.25, 0.3) is 0 Å². The molecule has 2 rings (SSSR count). The number of phenols is 1. The molecular formula is C16H24N2O3. The molecule has 21 heavy (non-hydrogen) atoms. The number of ether oxygens (including phenoxy) is 1. The second-order valence-corrected chi connectivity index (χ2v) is 7.23. The fraction of sp³-hybridized carbons (Fsp3) is 0.562. The number of benzene rings is 1. The first-order valence-electron chi connectivity index (χ1n) is 7.11. The molecule has 1 fully saturated rings. The van der Waals surface area contributed by atoms with Gasteiger partial charge in [0.1, 0.15) is 11.4 Å². The molecule has 5 nitrogen and oxygen atoms in total. The van der Waals surface area contributed by atoms with Crippen LogP contribution in [0.1, 0.15) is 46.1 Å². The zero-order valence-corrected chi connectivity index (χ0v) is 13.2. The van der Waals surface area contributed by atoms with E-state index in [0.717, 1.165) is 5.56 Å². The van der Waals surface area contributed by atoms with Gasteiger partial charge < -0.3 is 15.6 Å². The Kier molecular flexibility index (Phi) is 3.66. The number of amides is 1. The van der Waals surface area contributed by atoms with Gasteiger partial charge in [0.2, 0.25) is 0 Å². The Bertz CT molecular complexity index is 561. The fourth-order valence-electron chi connectivity index (χ4n) is 2.58. The highest BCUT2D eigenvalue weighted by Gasteiger charge is 2.56. The minimum Gasteiger partial charge on any atom is -0.506 e. The summed E-state index contributed by atoms with van der Waals surface area (Å²) in [6.07, 6.45) is -0.589. The van der Waals surface area contributed by atoms with E-state index in [1.54, 1.807) is 32.9 Å². The maximum Gasteiger partial charge on any atom is 0.412 e. The van der Waals surface area contributed by atoms with Gasteiger partial charge in [-0.3, -0.25) is 5.32 Å². The van der Waals surface area contributed by atoms with Crippen molar-refractivity contribution in [2.24, 2.45) is 11.1 Å². The largest absolute Gasteiger partial charge is 0.506 e. The molecule has 5 heteroatoms. The molecule has 1 aromatic rings. The lowest BCUT2D eigenvalue weighted by Gasteiger charge is -2.20. The Hall–Kier alpha value is -1.75. The van der Waals surface area contributed by atoms with Crippen LogP contribution in [0, 0.1) is 5.41 Å². The van der Waals surface area contributed by atoms with Gasteiger partial charge in [0, 0.05) is 12.0 Å². The standard InChI is InChI=1S/C16H24N2O3/c1-15(2,3)21-14(20)18-10-7-6-9(8-11(10)19)12-13(17)16(12,4)5/h6-8,12-13,19H,17H2,1-5H3,(H,18,20)/t12-,13-/m0/s1. The number of anilines is 1. The molecule has 0 bridgehead atoms. The van der Waals surface area contributed by atoms with E-state index in [4.69, 9.17) is 10.5 Å². The molecule has 4 N–H and O–H groups in total. The van der Waals surface area contributed by atoms with Crippen LogP contribution in [0.4, 0.5) is 10.5 Å². The molecule has 1 amide bonds. The summed E-state index contributed by atoms with van der Waals surface area (Å²) in [5.74, 6) is 0.257. The molecule has 1 aromatic carbocycles. The minimum absolute atomic E-state index is 0.0215. The molecule has 0 radical (unpaired) electrons. The van der Waals surface area contributed by atoms with Crippen molar-refractivity contribution in [3.63, 3.8) is 0 Å². The van der Waals surface area contributed by atoms with Crippen LogP contribution in [0.3, 0.4) is 0 Å². The van der Waals surface area contributed by atoms with Gasteiger partial charge in [-0.25, -0.2) is 4.79 Å². The number of rotatable bonds is 2. The lowest BCUT2D eigenvalue weighted by Crippen LogP contribution is -2.27. The van der Waals surface area contributed by atoms with Crippen LogP contribution in [0.15, 0.2) is 18.2 Å². The van der Waals surface area contributed by atoms with Crippen molar-refractivity contribution < 1.29 is 14.6 Å². The molecule has 0 heterocycles. The van der Waals surface area contributed by atoms with E-state index in [1.807, 2.05) is 6.07 Å². The average Bonchev–Trinajstić information content (AvgIpc) is 2.78. The number of nitrogens with two attached hydrogens (primary N) is 1.